The van der Waals surface area contributed by atoms with Crippen molar-refractivity contribution in [1.82, 2.24) is 10.3 Å². The Morgan fingerprint density at radius 2 is 2.32 bits per heavy atom. The van der Waals surface area contributed by atoms with Crippen LogP contribution in [0.2, 0.25) is 0 Å². The molecule has 0 spiro atoms. The highest BCUT2D eigenvalue weighted by Crippen LogP contribution is 2.30. The number of nitrogens with one attached hydrogen (secondary N) is 1. The van der Waals surface area contributed by atoms with Gasteiger partial charge in [-0.3, -0.25) is 0 Å². The van der Waals surface area contributed by atoms with Crippen molar-refractivity contribution in [2.75, 3.05) is 32.1 Å². The molecular formula is C14H25N3OS. The molecule has 19 heavy (non-hydrogen) atoms. The Labute approximate surface area is 120 Å². The fraction of sp³-hybridized carbons (Fsp3) is 0.786. The monoisotopic (exact) mass is 283 g/mol. The van der Waals surface area contributed by atoms with Gasteiger partial charge in [0, 0.05) is 31.6 Å². The van der Waals surface area contributed by atoms with Crippen LogP contribution < -0.4 is 10.2 Å². The average molecular weight is 283 g/mol. The Bertz CT molecular complexity index is 407. The molecule has 5 heteroatoms. The number of hydrogen-bond acceptors (Lipinski definition) is 5. The summed E-state index contributed by atoms with van der Waals surface area (Å²) < 4.78 is 5.59. The van der Waals surface area contributed by atoms with Gasteiger partial charge in [-0.1, -0.05) is 13.8 Å². The zero-order valence-corrected chi connectivity index (χ0v) is 13.2. The maximum Gasteiger partial charge on any atom is 0.185 e. The first kappa shape index (κ1) is 14.8. The topological polar surface area (TPSA) is 37.4 Å². The fourth-order valence-corrected chi connectivity index (χ4v) is 3.79. The van der Waals surface area contributed by atoms with E-state index in [9.17, 15) is 0 Å². The van der Waals surface area contributed by atoms with Crippen LogP contribution in [0.1, 0.15) is 30.8 Å². The molecule has 0 saturated carbocycles. The van der Waals surface area contributed by atoms with Crippen LogP contribution >= 0.6 is 11.3 Å². The summed E-state index contributed by atoms with van der Waals surface area (Å²) in [7, 11) is 3.80. The van der Waals surface area contributed by atoms with E-state index in [0.717, 1.165) is 31.2 Å². The molecule has 1 aromatic heterocycles. The molecule has 2 heterocycles. The largest absolute Gasteiger partial charge is 0.379 e. The number of thiazole rings is 1. The first-order chi connectivity index (χ1) is 9.19. The summed E-state index contributed by atoms with van der Waals surface area (Å²) in [5.41, 5.74) is 1.24. The molecule has 2 rings (SSSR count). The van der Waals surface area contributed by atoms with Crippen molar-refractivity contribution in [3.05, 3.63) is 10.6 Å². The zero-order chi connectivity index (χ0) is 13.8. The van der Waals surface area contributed by atoms with Gasteiger partial charge in [0.1, 0.15) is 0 Å². The summed E-state index contributed by atoms with van der Waals surface area (Å²) in [6.07, 6.45) is 2.52. The number of methoxy groups -OCH3 is 1. The van der Waals surface area contributed by atoms with E-state index in [2.05, 4.69) is 24.1 Å². The minimum atomic E-state index is 0.329. The quantitative estimate of drug-likeness (QED) is 0.899. The van der Waals surface area contributed by atoms with Gasteiger partial charge in [0.25, 0.3) is 0 Å². The van der Waals surface area contributed by atoms with Crippen LogP contribution in [0.15, 0.2) is 0 Å². The number of anilines is 1. The second kappa shape index (κ2) is 6.68. The van der Waals surface area contributed by atoms with Gasteiger partial charge in [-0.15, -0.1) is 11.3 Å². The molecule has 1 N–H and O–H groups in total. The third kappa shape index (κ3) is 3.27. The summed E-state index contributed by atoms with van der Waals surface area (Å²) in [6, 6.07) is 0. The fourth-order valence-electron chi connectivity index (χ4n) is 2.59. The summed E-state index contributed by atoms with van der Waals surface area (Å²) in [5.74, 6) is 0.642. The van der Waals surface area contributed by atoms with Crippen LogP contribution in [0.5, 0.6) is 0 Å². The van der Waals surface area contributed by atoms with Crippen molar-refractivity contribution in [2.45, 2.75) is 39.3 Å². The lowest BCUT2D eigenvalue weighted by molar-refractivity contribution is 0.0498. The van der Waals surface area contributed by atoms with E-state index in [4.69, 9.17) is 9.72 Å². The van der Waals surface area contributed by atoms with Crippen LogP contribution in [0.25, 0.3) is 0 Å². The van der Waals surface area contributed by atoms with Crippen molar-refractivity contribution in [2.24, 2.45) is 5.92 Å². The van der Waals surface area contributed by atoms with Crippen molar-refractivity contribution >= 4 is 16.5 Å². The molecule has 0 aromatic carbocycles. The van der Waals surface area contributed by atoms with Gasteiger partial charge < -0.3 is 15.0 Å². The number of aryl methyl sites for hydroxylation is 1. The van der Waals surface area contributed by atoms with Crippen molar-refractivity contribution in [3.8, 4) is 0 Å². The second-order valence-electron chi connectivity index (χ2n) is 5.24. The third-order valence-corrected chi connectivity index (χ3v) is 5.06. The number of nitrogens with zero attached hydrogens (tertiary/aromatic N) is 2. The molecule has 1 aliphatic rings. The highest BCUT2D eigenvalue weighted by molar-refractivity contribution is 7.15. The Kier molecular flexibility index (Phi) is 5.19. The summed E-state index contributed by atoms with van der Waals surface area (Å²) in [5, 5.41) is 4.39. The van der Waals surface area contributed by atoms with Gasteiger partial charge in [0.2, 0.25) is 0 Å². The van der Waals surface area contributed by atoms with Gasteiger partial charge in [-0.2, -0.15) is 0 Å². The van der Waals surface area contributed by atoms with E-state index in [1.54, 1.807) is 0 Å². The Hall–Kier alpha value is -0.650. The highest BCUT2D eigenvalue weighted by atomic mass is 32.1. The normalized spacial score (nSPS) is 23.9. The predicted octanol–water partition coefficient (Wildman–Crippen LogP) is 2.29. The van der Waals surface area contributed by atoms with E-state index >= 15 is 0 Å². The standard InChI is InChI=1S/C14H25N3OS/c1-5-11-13(8-15-3)19-14(16-11)17-7-6-10(2)12(9-17)18-4/h10,12,15H,5-9H2,1-4H3. The van der Waals surface area contributed by atoms with Crippen molar-refractivity contribution in [1.29, 1.82) is 0 Å². The van der Waals surface area contributed by atoms with E-state index < -0.39 is 0 Å². The molecule has 2 unspecified atom stereocenters. The highest BCUT2D eigenvalue weighted by Gasteiger charge is 2.28. The molecule has 0 bridgehead atoms. The van der Waals surface area contributed by atoms with Crippen LogP contribution in [0.4, 0.5) is 5.13 Å². The lowest BCUT2D eigenvalue weighted by Crippen LogP contribution is -2.43. The molecule has 0 radical (unpaired) electrons. The van der Waals surface area contributed by atoms with Crippen LogP contribution in [0.3, 0.4) is 0 Å². The Balaban J connectivity index is 2.13. The van der Waals surface area contributed by atoms with Crippen LogP contribution in [0, 0.1) is 5.92 Å². The lowest BCUT2D eigenvalue weighted by Gasteiger charge is -2.36. The maximum absolute atomic E-state index is 5.59. The smallest absolute Gasteiger partial charge is 0.185 e. The summed E-state index contributed by atoms with van der Waals surface area (Å²) in [4.78, 5) is 8.57. The molecule has 1 saturated heterocycles. The summed E-state index contributed by atoms with van der Waals surface area (Å²) >= 11 is 1.83. The number of hydrogen-bond donors (Lipinski definition) is 1. The number of rotatable bonds is 5. The number of aromatic nitrogens is 1. The first-order valence-corrected chi connectivity index (χ1v) is 7.92. The Morgan fingerprint density at radius 1 is 1.53 bits per heavy atom. The maximum atomic E-state index is 5.59. The van der Waals surface area contributed by atoms with Crippen molar-refractivity contribution < 1.29 is 4.74 Å². The molecule has 4 nitrogen and oxygen atoms in total. The van der Waals surface area contributed by atoms with Crippen LogP contribution in [-0.2, 0) is 17.7 Å². The van der Waals surface area contributed by atoms with Gasteiger partial charge in [0.15, 0.2) is 5.13 Å². The van der Waals surface area contributed by atoms with Crippen LogP contribution in [-0.4, -0.2) is 38.3 Å². The molecular weight excluding hydrogens is 258 g/mol. The number of ether oxygens (including phenoxy) is 1. The molecule has 2 atom stereocenters. The second-order valence-corrected chi connectivity index (χ2v) is 6.30. The summed E-state index contributed by atoms with van der Waals surface area (Å²) in [6.45, 7) is 7.42. The lowest BCUT2D eigenvalue weighted by atomic mass is 9.96. The Morgan fingerprint density at radius 3 is 2.95 bits per heavy atom. The van der Waals surface area contributed by atoms with Crippen molar-refractivity contribution in [3.63, 3.8) is 0 Å². The van der Waals surface area contributed by atoms with Gasteiger partial charge in [-0.05, 0) is 25.8 Å². The van der Waals surface area contributed by atoms with Gasteiger partial charge in [-0.25, -0.2) is 4.98 Å². The SMILES string of the molecule is CCc1nc(N2CCC(C)C(OC)C2)sc1CNC. The molecule has 0 amide bonds. The van der Waals surface area contributed by atoms with E-state index in [-0.39, 0.29) is 0 Å². The van der Waals surface area contributed by atoms with E-state index in [1.165, 1.54) is 17.0 Å². The molecule has 0 aliphatic carbocycles. The van der Waals surface area contributed by atoms with E-state index in [1.807, 2.05) is 25.5 Å². The minimum Gasteiger partial charge on any atom is -0.379 e. The first-order valence-electron chi connectivity index (χ1n) is 7.10. The molecule has 108 valence electrons. The van der Waals surface area contributed by atoms with E-state index in [0.29, 0.717) is 12.0 Å². The molecule has 1 aliphatic heterocycles. The zero-order valence-electron chi connectivity index (χ0n) is 12.4. The predicted molar refractivity (Wildman–Crippen MR) is 81.0 cm³/mol. The number of piperidine rings is 1. The average Bonchev–Trinajstić information content (AvgIpc) is 2.83. The minimum absolute atomic E-state index is 0.329. The molecule has 1 aromatic rings. The van der Waals surface area contributed by atoms with Gasteiger partial charge in [0.05, 0.1) is 11.8 Å². The molecule has 1 fully saturated rings. The van der Waals surface area contributed by atoms with Gasteiger partial charge >= 0.3 is 0 Å². The third-order valence-electron chi connectivity index (χ3n) is 3.90.